The molecule has 0 unspecified atom stereocenters. The van der Waals surface area contributed by atoms with Crippen LogP contribution in [0.2, 0.25) is 0 Å². The highest BCUT2D eigenvalue weighted by Crippen LogP contribution is 2.25. The fraction of sp³-hybridized carbons (Fsp3) is 0.333. The van der Waals surface area contributed by atoms with Gasteiger partial charge in [-0.25, -0.2) is 14.6 Å². The molecule has 3 heterocycles. The molecule has 0 aliphatic carbocycles. The van der Waals surface area contributed by atoms with Crippen LogP contribution in [0, 0.1) is 5.92 Å². The number of aliphatic carboxylic acids is 1. The molecule has 7 nitrogen and oxygen atoms in total. The highest BCUT2D eigenvalue weighted by atomic mass is 16.4. The number of hydrogen-bond donors (Lipinski definition) is 1. The van der Waals surface area contributed by atoms with Crippen molar-refractivity contribution in [3.8, 4) is 5.82 Å². The number of carbonyl (C=O) groups is 1. The fourth-order valence-corrected chi connectivity index (χ4v) is 2.26. The molecule has 2 aromatic heterocycles. The summed E-state index contributed by atoms with van der Waals surface area (Å²) in [4.78, 5) is 21.6. The summed E-state index contributed by atoms with van der Waals surface area (Å²) in [7, 11) is 0. The zero-order chi connectivity index (χ0) is 13.2. The maximum Gasteiger partial charge on any atom is 0.308 e. The molecule has 2 aromatic rings. The first kappa shape index (κ1) is 11.6. The molecule has 0 spiro atoms. The number of rotatable bonds is 3. The van der Waals surface area contributed by atoms with Gasteiger partial charge in [-0.15, -0.1) is 0 Å². The first-order valence-electron chi connectivity index (χ1n) is 6.04. The van der Waals surface area contributed by atoms with Gasteiger partial charge in [0.15, 0.2) is 11.6 Å². The van der Waals surface area contributed by atoms with Crippen molar-refractivity contribution < 1.29 is 9.90 Å². The summed E-state index contributed by atoms with van der Waals surface area (Å²) >= 11 is 0. The molecule has 1 aliphatic rings. The van der Waals surface area contributed by atoms with Crippen molar-refractivity contribution in [2.24, 2.45) is 5.92 Å². The molecule has 0 bridgehead atoms. The van der Waals surface area contributed by atoms with Crippen molar-refractivity contribution in [3.63, 3.8) is 0 Å². The third-order valence-corrected chi connectivity index (χ3v) is 3.22. The Morgan fingerprint density at radius 1 is 1.26 bits per heavy atom. The largest absolute Gasteiger partial charge is 0.481 e. The summed E-state index contributed by atoms with van der Waals surface area (Å²) in [5.74, 6) is 0.202. The molecule has 0 aromatic carbocycles. The molecule has 19 heavy (non-hydrogen) atoms. The van der Waals surface area contributed by atoms with Crippen molar-refractivity contribution in [2.75, 3.05) is 18.0 Å². The molecular weight excluding hydrogens is 246 g/mol. The van der Waals surface area contributed by atoms with Crippen molar-refractivity contribution in [1.29, 1.82) is 0 Å². The van der Waals surface area contributed by atoms with Gasteiger partial charge in [-0.05, 0) is 12.5 Å². The Morgan fingerprint density at radius 2 is 2.05 bits per heavy atom. The van der Waals surface area contributed by atoms with Gasteiger partial charge < -0.3 is 10.0 Å². The smallest absolute Gasteiger partial charge is 0.308 e. The second kappa shape index (κ2) is 4.68. The van der Waals surface area contributed by atoms with Gasteiger partial charge in [-0.3, -0.25) is 4.79 Å². The van der Waals surface area contributed by atoms with E-state index < -0.39 is 5.97 Å². The van der Waals surface area contributed by atoms with E-state index in [2.05, 4.69) is 15.1 Å². The highest BCUT2D eigenvalue weighted by molar-refractivity contribution is 5.72. The zero-order valence-corrected chi connectivity index (χ0v) is 10.2. The summed E-state index contributed by atoms with van der Waals surface area (Å²) in [5, 5.41) is 13.2. The number of carboxylic acids is 1. The van der Waals surface area contributed by atoms with Gasteiger partial charge in [-0.1, -0.05) is 0 Å². The lowest BCUT2D eigenvalue weighted by atomic mass is 10.1. The van der Waals surface area contributed by atoms with Crippen LogP contribution in [0.3, 0.4) is 0 Å². The van der Waals surface area contributed by atoms with Gasteiger partial charge in [0.05, 0.1) is 5.92 Å². The van der Waals surface area contributed by atoms with Crippen LogP contribution < -0.4 is 4.90 Å². The topological polar surface area (TPSA) is 84.1 Å². The van der Waals surface area contributed by atoms with Gasteiger partial charge >= 0.3 is 5.97 Å². The number of aromatic nitrogens is 4. The van der Waals surface area contributed by atoms with E-state index in [1.165, 1.54) is 0 Å². The van der Waals surface area contributed by atoms with Crippen molar-refractivity contribution >= 4 is 11.8 Å². The average Bonchev–Trinajstić information content (AvgIpc) is 3.10. The van der Waals surface area contributed by atoms with Crippen LogP contribution >= 0.6 is 0 Å². The number of anilines is 1. The second-order valence-electron chi connectivity index (χ2n) is 4.42. The second-order valence-corrected chi connectivity index (χ2v) is 4.42. The molecule has 1 aliphatic heterocycles. The molecule has 1 fully saturated rings. The predicted molar refractivity (Wildman–Crippen MR) is 67.1 cm³/mol. The highest BCUT2D eigenvalue weighted by Gasteiger charge is 2.30. The Labute approximate surface area is 109 Å². The fourth-order valence-electron chi connectivity index (χ4n) is 2.26. The van der Waals surface area contributed by atoms with E-state index in [9.17, 15) is 4.79 Å². The quantitative estimate of drug-likeness (QED) is 0.867. The number of carboxylic acid groups (broad SMARTS) is 1. The molecule has 1 saturated heterocycles. The molecule has 98 valence electrons. The lowest BCUT2D eigenvalue weighted by Crippen LogP contribution is -2.25. The minimum absolute atomic E-state index is 0.340. The zero-order valence-electron chi connectivity index (χ0n) is 10.2. The summed E-state index contributed by atoms with van der Waals surface area (Å²) in [5.41, 5.74) is 0. The summed E-state index contributed by atoms with van der Waals surface area (Å²) in [6.45, 7) is 1.13. The van der Waals surface area contributed by atoms with Crippen molar-refractivity contribution in [1.82, 2.24) is 19.7 Å². The Morgan fingerprint density at radius 3 is 2.68 bits per heavy atom. The maximum atomic E-state index is 11.0. The molecular formula is C12H13N5O2. The van der Waals surface area contributed by atoms with E-state index in [1.807, 2.05) is 11.0 Å². The standard InChI is InChI=1S/C12H13N5O2/c18-12(19)9-2-7-16(8-9)10-11(14-5-4-13-10)17-6-1-3-15-17/h1,3-6,9H,2,7-8H2,(H,18,19)/t9-/m1/s1. The summed E-state index contributed by atoms with van der Waals surface area (Å²) in [6.07, 6.45) is 7.30. The van der Waals surface area contributed by atoms with Gasteiger partial charge in [0, 0.05) is 37.9 Å². The Kier molecular flexibility index (Phi) is 2.86. The van der Waals surface area contributed by atoms with Crippen LogP contribution in [-0.4, -0.2) is 43.9 Å². The molecule has 1 N–H and O–H groups in total. The van der Waals surface area contributed by atoms with E-state index in [4.69, 9.17) is 5.11 Å². The minimum atomic E-state index is -0.757. The van der Waals surface area contributed by atoms with E-state index in [-0.39, 0.29) is 5.92 Å². The van der Waals surface area contributed by atoms with Gasteiger partial charge in [-0.2, -0.15) is 5.10 Å². The van der Waals surface area contributed by atoms with Crippen LogP contribution in [0.5, 0.6) is 0 Å². The lowest BCUT2D eigenvalue weighted by molar-refractivity contribution is -0.140. The Hall–Kier alpha value is -2.44. The predicted octanol–water partition coefficient (Wildman–Crippen LogP) is 0.573. The van der Waals surface area contributed by atoms with E-state index in [1.54, 1.807) is 29.5 Å². The molecule has 0 radical (unpaired) electrons. The first-order valence-corrected chi connectivity index (χ1v) is 6.04. The SMILES string of the molecule is O=C(O)[C@@H]1CCN(c2nccnc2-n2cccn2)C1. The molecule has 0 saturated carbocycles. The van der Waals surface area contributed by atoms with Crippen LogP contribution in [0.4, 0.5) is 5.82 Å². The van der Waals surface area contributed by atoms with Crippen molar-refractivity contribution in [3.05, 3.63) is 30.9 Å². The van der Waals surface area contributed by atoms with Crippen LogP contribution in [0.25, 0.3) is 5.82 Å². The molecule has 3 rings (SSSR count). The van der Waals surface area contributed by atoms with Gasteiger partial charge in [0.1, 0.15) is 0 Å². The Bertz CT molecular complexity index is 584. The maximum absolute atomic E-state index is 11.0. The number of nitrogens with zero attached hydrogens (tertiary/aromatic N) is 5. The number of hydrogen-bond acceptors (Lipinski definition) is 5. The molecule has 7 heteroatoms. The lowest BCUT2D eigenvalue weighted by Gasteiger charge is -2.18. The van der Waals surface area contributed by atoms with E-state index in [0.717, 1.165) is 0 Å². The third-order valence-electron chi connectivity index (χ3n) is 3.22. The van der Waals surface area contributed by atoms with E-state index in [0.29, 0.717) is 31.1 Å². The molecule has 0 amide bonds. The Balaban J connectivity index is 1.92. The van der Waals surface area contributed by atoms with Crippen LogP contribution in [0.1, 0.15) is 6.42 Å². The summed E-state index contributed by atoms with van der Waals surface area (Å²) < 4.78 is 1.64. The monoisotopic (exact) mass is 259 g/mol. The summed E-state index contributed by atoms with van der Waals surface area (Å²) in [6, 6.07) is 1.81. The van der Waals surface area contributed by atoms with Crippen LogP contribution in [0.15, 0.2) is 30.9 Å². The van der Waals surface area contributed by atoms with Gasteiger partial charge in [0.2, 0.25) is 0 Å². The van der Waals surface area contributed by atoms with Crippen molar-refractivity contribution in [2.45, 2.75) is 6.42 Å². The third kappa shape index (κ3) is 2.14. The normalized spacial score (nSPS) is 18.7. The first-order chi connectivity index (χ1) is 9.25. The van der Waals surface area contributed by atoms with E-state index >= 15 is 0 Å². The molecule has 1 atom stereocenters. The average molecular weight is 259 g/mol. The van der Waals surface area contributed by atoms with Gasteiger partial charge in [0.25, 0.3) is 0 Å². The minimum Gasteiger partial charge on any atom is -0.481 e. The van der Waals surface area contributed by atoms with Crippen LogP contribution in [-0.2, 0) is 4.79 Å².